The summed E-state index contributed by atoms with van der Waals surface area (Å²) in [6.07, 6.45) is 3.48. The molecule has 2 saturated heterocycles. The Hall–Kier alpha value is -1.58. The maximum atomic E-state index is 14.2. The molecule has 6 nitrogen and oxygen atoms in total. The fourth-order valence-corrected chi connectivity index (χ4v) is 4.64. The second kappa shape index (κ2) is 8.65. The summed E-state index contributed by atoms with van der Waals surface area (Å²) in [5.74, 6) is 0.333. The first-order chi connectivity index (χ1) is 14.0. The molecule has 2 N–H and O–H groups in total. The van der Waals surface area contributed by atoms with Crippen molar-refractivity contribution in [2.75, 3.05) is 44.7 Å². The van der Waals surface area contributed by atoms with Gasteiger partial charge in [-0.3, -0.25) is 0 Å². The SMILES string of the molecule is COc1nc(N2CCNCC2)c2ccc(Br)c(F)c2n1.FC1CC2(CCCN2)C1. The zero-order valence-corrected chi connectivity index (χ0v) is 18.1. The largest absolute Gasteiger partial charge is 0.467 e. The minimum absolute atomic E-state index is 0.183. The second-order valence-electron chi connectivity index (χ2n) is 7.84. The minimum atomic E-state index is -0.504. The minimum Gasteiger partial charge on any atom is -0.467 e. The average Bonchev–Trinajstić information content (AvgIpc) is 3.21. The molecule has 5 rings (SSSR count). The summed E-state index contributed by atoms with van der Waals surface area (Å²) in [6.45, 7) is 4.52. The molecule has 9 heteroatoms. The Morgan fingerprint density at radius 2 is 1.97 bits per heavy atom. The lowest BCUT2D eigenvalue weighted by molar-refractivity contribution is 0.0832. The number of benzene rings is 1. The van der Waals surface area contributed by atoms with Crippen LogP contribution in [0.15, 0.2) is 16.6 Å². The van der Waals surface area contributed by atoms with Crippen LogP contribution in [0.5, 0.6) is 6.01 Å². The number of anilines is 1. The maximum Gasteiger partial charge on any atom is 0.318 e. The van der Waals surface area contributed by atoms with Crippen LogP contribution in [-0.4, -0.2) is 61.5 Å². The van der Waals surface area contributed by atoms with Crippen molar-refractivity contribution < 1.29 is 13.5 Å². The summed E-state index contributed by atoms with van der Waals surface area (Å²) >= 11 is 3.18. The van der Waals surface area contributed by atoms with E-state index in [9.17, 15) is 8.78 Å². The van der Waals surface area contributed by atoms with Crippen LogP contribution in [-0.2, 0) is 0 Å². The lowest BCUT2D eigenvalue weighted by atomic mass is 9.74. The van der Waals surface area contributed by atoms with Crippen LogP contribution in [0.25, 0.3) is 10.9 Å². The summed E-state index contributed by atoms with van der Waals surface area (Å²) in [5.41, 5.74) is 0.541. The van der Waals surface area contributed by atoms with Gasteiger partial charge in [-0.05, 0) is 60.3 Å². The Labute approximate surface area is 177 Å². The summed E-state index contributed by atoms with van der Waals surface area (Å²) < 4.78 is 32.1. The summed E-state index contributed by atoms with van der Waals surface area (Å²) in [6, 6.07) is 3.70. The summed E-state index contributed by atoms with van der Waals surface area (Å²) in [5, 5.41) is 7.35. The van der Waals surface area contributed by atoms with Crippen LogP contribution in [0.1, 0.15) is 25.7 Å². The van der Waals surface area contributed by atoms with E-state index in [1.54, 1.807) is 6.07 Å². The number of hydrogen-bond donors (Lipinski definition) is 2. The molecule has 1 saturated carbocycles. The summed E-state index contributed by atoms with van der Waals surface area (Å²) in [7, 11) is 1.48. The standard InChI is InChI=1S/C13H14BrFN4O.C7H12FN/c1-20-13-17-11-8(2-3-9(14)10(11)15)12(18-13)19-6-4-16-5-7-19;8-6-4-7(5-6)2-1-3-9-7/h2-3,16H,4-7H2,1H3;6,9H,1-5H2. The van der Waals surface area contributed by atoms with E-state index in [0.29, 0.717) is 9.86 Å². The number of methoxy groups -OCH3 is 1. The van der Waals surface area contributed by atoms with Crippen molar-refractivity contribution in [3.05, 3.63) is 22.4 Å². The molecular weight excluding hydrogens is 444 g/mol. The van der Waals surface area contributed by atoms with Crippen molar-refractivity contribution in [3.63, 3.8) is 0 Å². The third kappa shape index (κ3) is 4.32. The molecule has 0 radical (unpaired) electrons. The predicted molar refractivity (Wildman–Crippen MR) is 113 cm³/mol. The topological polar surface area (TPSA) is 62.3 Å². The van der Waals surface area contributed by atoms with Gasteiger partial charge in [-0.2, -0.15) is 9.97 Å². The van der Waals surface area contributed by atoms with Crippen molar-refractivity contribution in [1.82, 2.24) is 20.6 Å². The van der Waals surface area contributed by atoms with E-state index < -0.39 is 6.17 Å². The number of rotatable bonds is 2. The highest BCUT2D eigenvalue weighted by molar-refractivity contribution is 9.10. The number of alkyl halides is 1. The number of ether oxygens (including phenoxy) is 1. The van der Waals surface area contributed by atoms with Gasteiger partial charge in [0.05, 0.1) is 11.6 Å². The van der Waals surface area contributed by atoms with Crippen molar-refractivity contribution in [3.8, 4) is 6.01 Å². The number of fused-ring (bicyclic) bond motifs is 1. The third-order valence-corrected chi connectivity index (χ3v) is 6.49. The monoisotopic (exact) mass is 469 g/mol. The van der Waals surface area contributed by atoms with Gasteiger partial charge in [-0.25, -0.2) is 8.78 Å². The van der Waals surface area contributed by atoms with Crippen LogP contribution < -0.4 is 20.3 Å². The highest BCUT2D eigenvalue weighted by atomic mass is 79.9. The zero-order valence-electron chi connectivity index (χ0n) is 16.5. The van der Waals surface area contributed by atoms with Gasteiger partial charge >= 0.3 is 6.01 Å². The predicted octanol–water partition coefficient (Wildman–Crippen LogP) is 3.19. The van der Waals surface area contributed by atoms with Crippen LogP contribution in [0, 0.1) is 5.82 Å². The fourth-order valence-electron chi connectivity index (χ4n) is 4.32. The lowest BCUT2D eigenvalue weighted by Crippen LogP contribution is -2.52. The molecule has 3 heterocycles. The molecular formula is C20H26BrF2N5O. The molecule has 3 fully saturated rings. The first-order valence-electron chi connectivity index (χ1n) is 10.1. The van der Waals surface area contributed by atoms with Crippen LogP contribution in [0.3, 0.4) is 0 Å². The third-order valence-electron chi connectivity index (χ3n) is 5.87. The summed E-state index contributed by atoms with van der Waals surface area (Å²) in [4.78, 5) is 10.6. The van der Waals surface area contributed by atoms with Gasteiger partial charge in [0, 0.05) is 37.1 Å². The highest BCUT2D eigenvalue weighted by Gasteiger charge is 2.45. The number of hydrogen-bond acceptors (Lipinski definition) is 6. The number of halogens is 3. The molecule has 1 aromatic carbocycles. The molecule has 0 amide bonds. The molecule has 29 heavy (non-hydrogen) atoms. The smallest absolute Gasteiger partial charge is 0.318 e. The quantitative estimate of drug-likeness (QED) is 0.704. The maximum absolute atomic E-state index is 14.2. The van der Waals surface area contributed by atoms with E-state index >= 15 is 0 Å². The molecule has 1 aromatic heterocycles. The van der Waals surface area contributed by atoms with Gasteiger partial charge in [0.2, 0.25) is 0 Å². The van der Waals surface area contributed by atoms with Gasteiger partial charge in [0.1, 0.15) is 17.5 Å². The van der Waals surface area contributed by atoms with Gasteiger partial charge in [0.15, 0.2) is 5.82 Å². The van der Waals surface area contributed by atoms with Crippen molar-refractivity contribution in [1.29, 1.82) is 0 Å². The Morgan fingerprint density at radius 1 is 1.21 bits per heavy atom. The zero-order chi connectivity index (χ0) is 20.4. The van der Waals surface area contributed by atoms with E-state index in [-0.39, 0.29) is 22.9 Å². The second-order valence-corrected chi connectivity index (χ2v) is 8.70. The van der Waals surface area contributed by atoms with E-state index in [0.717, 1.165) is 51.4 Å². The molecule has 0 atom stereocenters. The Balaban J connectivity index is 0.000000188. The van der Waals surface area contributed by atoms with Gasteiger partial charge < -0.3 is 20.3 Å². The molecule has 2 aromatic rings. The molecule has 1 spiro atoms. The number of nitrogens with one attached hydrogen (secondary N) is 2. The Bertz CT molecular complexity index is 864. The van der Waals surface area contributed by atoms with Crippen molar-refractivity contribution in [2.45, 2.75) is 37.4 Å². The van der Waals surface area contributed by atoms with Crippen molar-refractivity contribution in [2.24, 2.45) is 0 Å². The first-order valence-corrected chi connectivity index (χ1v) is 10.9. The van der Waals surface area contributed by atoms with Crippen LogP contribution in [0.2, 0.25) is 0 Å². The molecule has 1 aliphatic carbocycles. The average molecular weight is 470 g/mol. The van der Waals surface area contributed by atoms with E-state index in [4.69, 9.17) is 4.74 Å². The lowest BCUT2D eigenvalue weighted by Gasteiger charge is -2.41. The van der Waals surface area contributed by atoms with Gasteiger partial charge in [-0.1, -0.05) is 0 Å². The Morgan fingerprint density at radius 3 is 2.59 bits per heavy atom. The fraction of sp³-hybridized carbons (Fsp3) is 0.600. The van der Waals surface area contributed by atoms with Crippen LogP contribution >= 0.6 is 15.9 Å². The van der Waals surface area contributed by atoms with E-state index in [1.807, 2.05) is 6.07 Å². The van der Waals surface area contributed by atoms with Gasteiger partial charge in [-0.15, -0.1) is 0 Å². The first kappa shape index (κ1) is 20.7. The molecule has 3 aliphatic rings. The molecule has 2 aliphatic heterocycles. The van der Waals surface area contributed by atoms with Gasteiger partial charge in [0.25, 0.3) is 0 Å². The molecule has 0 unspecified atom stereocenters. The van der Waals surface area contributed by atoms with E-state index in [1.165, 1.54) is 20.0 Å². The van der Waals surface area contributed by atoms with Crippen molar-refractivity contribution >= 4 is 32.7 Å². The number of piperazine rings is 1. The number of nitrogens with zero attached hydrogens (tertiary/aromatic N) is 3. The highest BCUT2D eigenvalue weighted by Crippen LogP contribution is 2.40. The van der Waals surface area contributed by atoms with Crippen LogP contribution in [0.4, 0.5) is 14.6 Å². The molecule has 158 valence electrons. The number of aromatic nitrogens is 2. The molecule has 0 bridgehead atoms. The van der Waals surface area contributed by atoms with E-state index in [2.05, 4.69) is 41.4 Å². The Kier molecular flexibility index (Phi) is 6.17. The normalized spacial score (nSPS) is 26.2.